The fourth-order valence-electron chi connectivity index (χ4n) is 14.2. The van der Waals surface area contributed by atoms with Crippen molar-refractivity contribution in [3.05, 3.63) is 65.7 Å². The van der Waals surface area contributed by atoms with Gasteiger partial charge in [0.05, 0.1) is 108 Å². The molecule has 14 atom stereocenters. The van der Waals surface area contributed by atoms with Gasteiger partial charge in [0.2, 0.25) is 53.2 Å². The molecular formula is C85H139N13O20. The number of ether oxygens (including phenoxy) is 8. The zero-order valence-corrected chi connectivity index (χ0v) is 72.2. The van der Waals surface area contributed by atoms with Crippen molar-refractivity contribution in [2.24, 2.45) is 41.1 Å². The van der Waals surface area contributed by atoms with Gasteiger partial charge < -0.3 is 107 Å². The molecule has 0 radical (unpaired) electrons. The predicted molar refractivity (Wildman–Crippen MR) is 445 cm³/mol. The summed E-state index contributed by atoms with van der Waals surface area (Å²) in [5.74, 6) is 0.106. The standard InChI is InChI=1S/C85H139N13O20/c1-15-58(8)75(68(111-13)52-71(101)98-43-27-34-67(98)77(112-14)59(9)78(103)91-60(10)76(102)62-28-20-19-21-29-62)96(11)83(108)73(56(4)5)95-82(107)74(57(6)7)97(12)85(110)118-53-61-35-37-63(38-36-61)92-80(105)66(33-26-41-90-84(87)109)93-81(106)72(55(2)3)94-79(104)65(86)32-24-25-40-88-69(99)39-44-113-46-48-115-50-51-116-49-47-114-45-42-89-70(100)54-117-64-30-22-17-16-18-23-31-64/h19-21,28-29,35-38,55-60,64-68,72-77,102H,15-18,22,24-27,30,32-34,39-54,86H2,1-14H3,(H,88,99)(H,89,100)(H,91,103)(H,92,105)(H,93,106)(H,94,104)(H,95,107)(H3,87,90,109)/t58-,59+,60+,64?,65+,66-,67-,68+,72-,73-,74-,75-,76+,77+/m0/s1. The Kier molecular flexibility index (Phi) is 48.3. The highest BCUT2D eigenvalue weighted by Crippen LogP contribution is 2.31. The summed E-state index contributed by atoms with van der Waals surface area (Å²) in [4.78, 5) is 153. The molecule has 2 aromatic carbocycles. The van der Waals surface area contributed by atoms with Gasteiger partial charge in [-0.3, -0.25) is 48.1 Å². The summed E-state index contributed by atoms with van der Waals surface area (Å²) in [6.07, 6.45) is 5.01. The summed E-state index contributed by atoms with van der Waals surface area (Å²) in [6, 6.07) is 7.52. The van der Waals surface area contributed by atoms with E-state index < -0.39 is 132 Å². The Balaban J connectivity index is 1.21. The molecule has 33 heteroatoms. The predicted octanol–water partition coefficient (Wildman–Crippen LogP) is 5.13. The quantitative estimate of drug-likeness (QED) is 0.0302. The van der Waals surface area contributed by atoms with Gasteiger partial charge in [0.15, 0.2) is 0 Å². The number of unbranched alkanes of at least 4 members (excludes halogenated alkanes) is 1. The normalized spacial score (nSPS) is 17.2. The first kappa shape index (κ1) is 102. The summed E-state index contributed by atoms with van der Waals surface area (Å²) in [7, 11) is 6.07. The van der Waals surface area contributed by atoms with Crippen LogP contribution >= 0.6 is 0 Å². The number of likely N-dealkylation sites (N-methyl/N-ethyl adjacent to an activating group) is 2. The molecule has 12 amide bonds. The van der Waals surface area contributed by atoms with Crippen molar-refractivity contribution in [1.82, 2.24) is 51.9 Å². The van der Waals surface area contributed by atoms with Crippen LogP contribution in [-0.2, 0) is 87.7 Å². The highest BCUT2D eigenvalue weighted by atomic mass is 16.6. The lowest BCUT2D eigenvalue weighted by molar-refractivity contribution is -0.148. The van der Waals surface area contributed by atoms with Crippen molar-refractivity contribution in [3.63, 3.8) is 0 Å². The third kappa shape index (κ3) is 36.6. The smallest absolute Gasteiger partial charge is 0.410 e. The van der Waals surface area contributed by atoms with Gasteiger partial charge >= 0.3 is 12.1 Å². The van der Waals surface area contributed by atoms with Crippen LogP contribution in [0.5, 0.6) is 0 Å². The number of hydrogen-bond donors (Lipinski definition) is 11. The SMILES string of the molecule is CC[C@H](C)[C@@H]([C@@H](CC(=O)N1CCC[C@H]1[C@H](OC)[C@@H](C)C(=O)N[C@H](C)[C@@H](O)c1ccccc1)OC)N(C)C(=O)[C@@H](NC(=O)[C@H](C(C)C)N(C)C(=O)OCc1ccc(NC(=O)[C@H](CCCNC(N)=O)NC(=O)[C@@H](NC(=O)[C@H](N)CCCCNC(=O)CCOCCOCCOCCOCCNC(=O)COC2C#CCCCCC2)C(C)C)cc1)C(C)C. The zero-order valence-electron chi connectivity index (χ0n) is 72.2. The molecule has 33 nitrogen and oxygen atoms in total. The largest absolute Gasteiger partial charge is 0.445 e. The summed E-state index contributed by atoms with van der Waals surface area (Å²) < 4.78 is 45.5. The second-order valence-corrected chi connectivity index (χ2v) is 31.5. The van der Waals surface area contributed by atoms with Gasteiger partial charge in [0.25, 0.3) is 0 Å². The van der Waals surface area contributed by atoms with E-state index in [9.17, 15) is 57.8 Å². The minimum Gasteiger partial charge on any atom is -0.445 e. The van der Waals surface area contributed by atoms with Crippen LogP contribution in [0.1, 0.15) is 183 Å². The van der Waals surface area contributed by atoms with E-state index in [1.807, 2.05) is 32.0 Å². The van der Waals surface area contributed by atoms with Crippen LogP contribution in [-0.4, -0.2) is 266 Å². The first-order valence-electron chi connectivity index (χ1n) is 41.9. The van der Waals surface area contributed by atoms with Crippen LogP contribution in [0.3, 0.4) is 0 Å². The third-order valence-electron chi connectivity index (χ3n) is 21.2. The number of likely N-dealkylation sites (tertiary alicyclic amines) is 1. The first-order valence-corrected chi connectivity index (χ1v) is 41.9. The average Bonchev–Trinajstić information content (AvgIpc) is 1.63. The Morgan fingerprint density at radius 2 is 1.25 bits per heavy atom. The van der Waals surface area contributed by atoms with Gasteiger partial charge in [0.1, 0.15) is 43.5 Å². The molecule has 1 heterocycles. The molecule has 0 aromatic heterocycles. The van der Waals surface area contributed by atoms with Crippen molar-refractivity contribution >= 4 is 71.0 Å². The molecule has 0 saturated carbocycles. The van der Waals surface area contributed by atoms with E-state index in [1.165, 1.54) is 26.2 Å². The molecule has 2 aromatic rings. The molecule has 4 rings (SSSR count). The molecule has 1 saturated heterocycles. The molecular weight excluding hydrogens is 1520 g/mol. The van der Waals surface area contributed by atoms with E-state index in [2.05, 4.69) is 54.4 Å². The van der Waals surface area contributed by atoms with E-state index >= 15 is 0 Å². The van der Waals surface area contributed by atoms with E-state index in [-0.39, 0.29) is 94.1 Å². The summed E-state index contributed by atoms with van der Waals surface area (Å²) in [5, 5.41) is 33.3. The highest BCUT2D eigenvalue weighted by Gasteiger charge is 2.44. The number of aliphatic hydroxyl groups excluding tert-OH is 1. The maximum absolute atomic E-state index is 14.9. The van der Waals surface area contributed by atoms with Gasteiger partial charge in [-0.2, -0.15) is 0 Å². The Morgan fingerprint density at radius 3 is 1.86 bits per heavy atom. The number of methoxy groups -OCH3 is 2. The van der Waals surface area contributed by atoms with E-state index in [0.717, 1.165) is 32.1 Å². The number of carbonyl (C=O) groups excluding carboxylic acids is 11. The number of nitrogens with two attached hydrogens (primary N) is 2. The molecule has 664 valence electrons. The van der Waals surface area contributed by atoms with Gasteiger partial charge in [-0.25, -0.2) is 9.59 Å². The lowest BCUT2D eigenvalue weighted by Crippen LogP contribution is -2.60. The van der Waals surface area contributed by atoms with Crippen molar-refractivity contribution in [3.8, 4) is 11.8 Å². The Hall–Kier alpha value is -8.59. The number of amides is 12. The third-order valence-corrected chi connectivity index (χ3v) is 21.2. The Bertz CT molecular complexity index is 3440. The Labute approximate surface area is 698 Å². The van der Waals surface area contributed by atoms with Gasteiger partial charge in [-0.15, -0.1) is 5.92 Å². The lowest BCUT2D eigenvalue weighted by Gasteiger charge is -2.41. The number of aliphatic hydroxyl groups is 1. The van der Waals surface area contributed by atoms with E-state index in [0.29, 0.717) is 115 Å². The number of nitrogens with one attached hydrogen (secondary N) is 8. The van der Waals surface area contributed by atoms with Crippen molar-refractivity contribution < 1.29 is 95.7 Å². The summed E-state index contributed by atoms with van der Waals surface area (Å²) in [5.41, 5.74) is 13.1. The zero-order chi connectivity index (χ0) is 87.2. The maximum Gasteiger partial charge on any atom is 0.410 e. The summed E-state index contributed by atoms with van der Waals surface area (Å²) in [6.45, 7) is 21.5. The highest BCUT2D eigenvalue weighted by molar-refractivity contribution is 5.99. The van der Waals surface area contributed by atoms with Crippen molar-refractivity contribution in [1.29, 1.82) is 0 Å². The fourth-order valence-corrected chi connectivity index (χ4v) is 14.2. The molecule has 2 aliphatic rings. The van der Waals surface area contributed by atoms with Crippen LogP contribution in [0.25, 0.3) is 0 Å². The number of rotatable bonds is 56. The topological polar surface area (TPSA) is 440 Å². The maximum atomic E-state index is 14.9. The molecule has 0 spiro atoms. The second-order valence-electron chi connectivity index (χ2n) is 31.5. The van der Waals surface area contributed by atoms with Crippen LogP contribution in [0.4, 0.5) is 15.3 Å². The number of urea groups is 1. The molecule has 1 unspecified atom stereocenters. The van der Waals surface area contributed by atoms with Crippen LogP contribution in [0.2, 0.25) is 0 Å². The molecule has 1 aliphatic heterocycles. The van der Waals surface area contributed by atoms with Crippen LogP contribution in [0.15, 0.2) is 54.6 Å². The Morgan fingerprint density at radius 1 is 0.619 bits per heavy atom. The minimum atomic E-state index is -1.16. The van der Waals surface area contributed by atoms with Gasteiger partial charge in [-0.05, 0) is 118 Å². The number of primary amides is 1. The molecule has 118 heavy (non-hydrogen) atoms. The second kappa shape index (κ2) is 56.0. The monoisotopic (exact) mass is 1660 g/mol. The number of benzene rings is 2. The van der Waals surface area contributed by atoms with E-state index in [1.54, 1.807) is 109 Å². The lowest BCUT2D eigenvalue weighted by atomic mass is 9.89. The van der Waals surface area contributed by atoms with Crippen LogP contribution < -0.4 is 54.0 Å². The van der Waals surface area contributed by atoms with Gasteiger partial charge in [-0.1, -0.05) is 124 Å². The van der Waals surface area contributed by atoms with Crippen LogP contribution in [0, 0.1) is 41.4 Å². The minimum absolute atomic E-state index is 0.0287. The average molecular weight is 1660 g/mol. The molecule has 0 bridgehead atoms. The first-order chi connectivity index (χ1) is 56.3. The fraction of sp³-hybridized carbons (Fsp3) is 0.706. The van der Waals surface area contributed by atoms with Crippen molar-refractivity contribution in [2.75, 3.05) is 119 Å². The molecule has 1 fully saturated rings. The number of nitrogens with zero attached hydrogens (tertiary/aromatic N) is 3. The molecule has 1 aliphatic carbocycles. The molecule has 13 N–H and O–H groups in total. The van der Waals surface area contributed by atoms with E-state index in [4.69, 9.17) is 49.4 Å². The number of hydrogen-bond acceptors (Lipinski definition) is 21. The summed E-state index contributed by atoms with van der Waals surface area (Å²) >= 11 is 0. The van der Waals surface area contributed by atoms with Gasteiger partial charge in [0, 0.05) is 73.0 Å². The number of anilines is 1. The number of carbonyl (C=O) groups is 11. The van der Waals surface area contributed by atoms with Crippen molar-refractivity contribution in [2.45, 2.75) is 245 Å².